The van der Waals surface area contributed by atoms with Gasteiger partial charge in [0, 0.05) is 12.6 Å². The van der Waals surface area contributed by atoms with Crippen molar-refractivity contribution in [2.75, 3.05) is 17.2 Å². The maximum absolute atomic E-state index is 4.36. The maximum atomic E-state index is 4.36. The first kappa shape index (κ1) is 14.6. The van der Waals surface area contributed by atoms with Crippen molar-refractivity contribution in [3.63, 3.8) is 0 Å². The van der Waals surface area contributed by atoms with E-state index in [0.717, 1.165) is 35.0 Å². The lowest BCUT2D eigenvalue weighted by Crippen LogP contribution is -2.27. The first-order chi connectivity index (χ1) is 9.20. The van der Waals surface area contributed by atoms with E-state index in [1.54, 1.807) is 6.33 Å². The topological polar surface area (TPSA) is 49.8 Å². The van der Waals surface area contributed by atoms with Crippen LogP contribution >= 0.6 is 15.9 Å². The minimum Gasteiger partial charge on any atom is -0.369 e. The van der Waals surface area contributed by atoms with E-state index < -0.39 is 0 Å². The zero-order chi connectivity index (χ0) is 13.7. The molecule has 1 saturated carbocycles. The van der Waals surface area contributed by atoms with Crippen LogP contribution < -0.4 is 10.6 Å². The Bertz CT molecular complexity index is 410. The molecule has 1 heterocycles. The molecule has 1 aliphatic rings. The van der Waals surface area contributed by atoms with E-state index in [4.69, 9.17) is 0 Å². The first-order valence-electron chi connectivity index (χ1n) is 7.21. The van der Waals surface area contributed by atoms with Crippen molar-refractivity contribution >= 4 is 27.6 Å². The molecule has 1 aromatic heterocycles. The fourth-order valence-corrected chi connectivity index (χ4v) is 3.06. The van der Waals surface area contributed by atoms with Crippen LogP contribution in [0.1, 0.15) is 46.0 Å². The molecule has 1 aromatic rings. The van der Waals surface area contributed by atoms with Crippen LogP contribution in [0.15, 0.2) is 10.8 Å². The average molecular weight is 327 g/mol. The molecule has 2 unspecified atom stereocenters. The summed E-state index contributed by atoms with van der Waals surface area (Å²) in [4.78, 5) is 8.63. The molecule has 0 aliphatic heterocycles. The van der Waals surface area contributed by atoms with Crippen molar-refractivity contribution in [2.45, 2.75) is 52.0 Å². The quantitative estimate of drug-likeness (QED) is 0.856. The van der Waals surface area contributed by atoms with Crippen molar-refractivity contribution in [1.82, 2.24) is 9.97 Å². The zero-order valence-electron chi connectivity index (χ0n) is 11.7. The van der Waals surface area contributed by atoms with Gasteiger partial charge in [0.1, 0.15) is 22.4 Å². The van der Waals surface area contributed by atoms with E-state index in [-0.39, 0.29) is 0 Å². The zero-order valence-corrected chi connectivity index (χ0v) is 13.3. The summed E-state index contributed by atoms with van der Waals surface area (Å²) in [7, 11) is 0. The molecule has 106 valence electrons. The number of halogens is 1. The Balaban J connectivity index is 2.03. The van der Waals surface area contributed by atoms with Crippen LogP contribution in [0.2, 0.25) is 0 Å². The highest BCUT2D eigenvalue weighted by molar-refractivity contribution is 9.10. The number of rotatable bonds is 5. The van der Waals surface area contributed by atoms with E-state index >= 15 is 0 Å². The monoisotopic (exact) mass is 326 g/mol. The second-order valence-corrected chi connectivity index (χ2v) is 6.22. The summed E-state index contributed by atoms with van der Waals surface area (Å²) in [6.45, 7) is 5.40. The van der Waals surface area contributed by atoms with Crippen molar-refractivity contribution in [3.05, 3.63) is 10.8 Å². The van der Waals surface area contributed by atoms with E-state index in [2.05, 4.69) is 50.4 Å². The van der Waals surface area contributed by atoms with Crippen molar-refractivity contribution in [1.29, 1.82) is 0 Å². The second-order valence-electron chi connectivity index (χ2n) is 5.42. The fraction of sp³-hybridized carbons (Fsp3) is 0.714. The average Bonchev–Trinajstić information content (AvgIpc) is 2.40. The summed E-state index contributed by atoms with van der Waals surface area (Å²) in [6.07, 6.45) is 7.83. The van der Waals surface area contributed by atoms with E-state index in [1.165, 1.54) is 25.7 Å². The Kier molecular flexibility index (Phi) is 5.43. The summed E-state index contributed by atoms with van der Waals surface area (Å²) >= 11 is 3.60. The molecule has 0 amide bonds. The largest absolute Gasteiger partial charge is 0.369 e. The highest BCUT2D eigenvalue weighted by Crippen LogP contribution is 2.30. The molecular weight excluding hydrogens is 304 g/mol. The van der Waals surface area contributed by atoms with Gasteiger partial charge in [0.15, 0.2) is 0 Å². The van der Waals surface area contributed by atoms with Crippen LogP contribution in [0.25, 0.3) is 0 Å². The van der Waals surface area contributed by atoms with Gasteiger partial charge in [-0.1, -0.05) is 26.7 Å². The van der Waals surface area contributed by atoms with Crippen LogP contribution in [-0.2, 0) is 0 Å². The number of aromatic nitrogens is 2. The molecular formula is C14H23BrN4. The van der Waals surface area contributed by atoms with Crippen molar-refractivity contribution in [2.24, 2.45) is 5.92 Å². The molecule has 0 radical (unpaired) electrons. The number of hydrogen-bond donors (Lipinski definition) is 2. The third-order valence-electron chi connectivity index (χ3n) is 3.61. The number of hydrogen-bond acceptors (Lipinski definition) is 4. The molecule has 2 rings (SSSR count). The summed E-state index contributed by atoms with van der Waals surface area (Å²) in [5, 5.41) is 6.87. The van der Waals surface area contributed by atoms with Gasteiger partial charge in [-0.3, -0.25) is 0 Å². The molecule has 1 fully saturated rings. The first-order valence-corrected chi connectivity index (χ1v) is 8.01. The summed E-state index contributed by atoms with van der Waals surface area (Å²) < 4.78 is 0.946. The van der Waals surface area contributed by atoms with Crippen molar-refractivity contribution in [3.8, 4) is 0 Å². The van der Waals surface area contributed by atoms with Gasteiger partial charge >= 0.3 is 0 Å². The molecule has 0 saturated heterocycles. The smallest absolute Gasteiger partial charge is 0.146 e. The molecule has 0 bridgehead atoms. The van der Waals surface area contributed by atoms with Gasteiger partial charge in [-0.2, -0.15) is 0 Å². The van der Waals surface area contributed by atoms with Crippen LogP contribution in [0.5, 0.6) is 0 Å². The Hall–Kier alpha value is -0.840. The third-order valence-corrected chi connectivity index (χ3v) is 4.36. The van der Waals surface area contributed by atoms with Gasteiger partial charge in [-0.15, -0.1) is 0 Å². The molecule has 5 heteroatoms. The number of anilines is 2. The van der Waals surface area contributed by atoms with Crippen LogP contribution in [0, 0.1) is 5.92 Å². The minimum absolute atomic E-state index is 0.536. The Morgan fingerprint density at radius 1 is 1.32 bits per heavy atom. The van der Waals surface area contributed by atoms with Gasteiger partial charge in [0.2, 0.25) is 0 Å². The SMILES string of the molecule is CCCNc1ncnc(NC2CCCC(C)C2)c1Br. The van der Waals surface area contributed by atoms with Gasteiger partial charge in [-0.25, -0.2) is 9.97 Å². The predicted octanol–water partition coefficient (Wildman–Crippen LogP) is 4.05. The molecule has 19 heavy (non-hydrogen) atoms. The van der Waals surface area contributed by atoms with Crippen LogP contribution in [0.3, 0.4) is 0 Å². The van der Waals surface area contributed by atoms with E-state index in [9.17, 15) is 0 Å². The third kappa shape index (κ3) is 4.06. The number of nitrogens with zero attached hydrogens (tertiary/aromatic N) is 2. The van der Waals surface area contributed by atoms with Crippen molar-refractivity contribution < 1.29 is 0 Å². The van der Waals surface area contributed by atoms with Gasteiger partial charge in [0.25, 0.3) is 0 Å². The summed E-state index contributed by atoms with van der Waals surface area (Å²) in [6, 6.07) is 0.536. The number of nitrogens with one attached hydrogen (secondary N) is 2. The molecule has 2 atom stereocenters. The standard InChI is InChI=1S/C14H23BrN4/c1-3-7-16-13-12(15)14(18-9-17-13)19-11-6-4-5-10(2)8-11/h9-11H,3-8H2,1-2H3,(H2,16,17,18,19). The van der Waals surface area contributed by atoms with E-state index in [1.807, 2.05) is 0 Å². The minimum atomic E-state index is 0.536. The highest BCUT2D eigenvalue weighted by Gasteiger charge is 2.20. The summed E-state index contributed by atoms with van der Waals surface area (Å²) in [5.41, 5.74) is 0. The Morgan fingerprint density at radius 3 is 2.84 bits per heavy atom. The second kappa shape index (κ2) is 7.08. The van der Waals surface area contributed by atoms with Gasteiger partial charge in [-0.05, 0) is 41.1 Å². The molecule has 1 aliphatic carbocycles. The molecule has 4 nitrogen and oxygen atoms in total. The molecule has 0 aromatic carbocycles. The lowest BCUT2D eigenvalue weighted by Gasteiger charge is -2.28. The fourth-order valence-electron chi connectivity index (χ4n) is 2.60. The Morgan fingerprint density at radius 2 is 2.11 bits per heavy atom. The normalized spacial score (nSPS) is 23.1. The van der Waals surface area contributed by atoms with Crippen LogP contribution in [0.4, 0.5) is 11.6 Å². The molecule has 0 spiro atoms. The van der Waals surface area contributed by atoms with Crippen LogP contribution in [-0.4, -0.2) is 22.6 Å². The highest BCUT2D eigenvalue weighted by atomic mass is 79.9. The molecule has 2 N–H and O–H groups in total. The lowest BCUT2D eigenvalue weighted by molar-refractivity contribution is 0.358. The van der Waals surface area contributed by atoms with Gasteiger partial charge in [0.05, 0.1) is 0 Å². The predicted molar refractivity (Wildman–Crippen MR) is 83.6 cm³/mol. The maximum Gasteiger partial charge on any atom is 0.146 e. The Labute approximate surface area is 123 Å². The summed E-state index contributed by atoms with van der Waals surface area (Å²) in [5.74, 6) is 2.60. The van der Waals surface area contributed by atoms with E-state index in [0.29, 0.717) is 6.04 Å². The van der Waals surface area contributed by atoms with Gasteiger partial charge < -0.3 is 10.6 Å². The lowest BCUT2D eigenvalue weighted by atomic mass is 9.87.